The number of aliphatic hydroxyl groups excluding tert-OH is 1. The summed E-state index contributed by atoms with van der Waals surface area (Å²) in [6, 6.07) is 8.05. The first-order chi connectivity index (χ1) is 16.6. The number of para-hydroxylation sites is 1. The number of hydrogen-bond acceptors (Lipinski definition) is 9. The van der Waals surface area contributed by atoms with Crippen LogP contribution in [0.25, 0.3) is 0 Å². The van der Waals surface area contributed by atoms with E-state index in [-0.39, 0.29) is 12.2 Å². The number of H-pyrrole nitrogens is 1. The molecular weight excluding hydrogens is 488 g/mol. The maximum atomic E-state index is 15.4. The Hall–Kier alpha value is -2.83. The Bertz CT molecular complexity index is 1160. The van der Waals surface area contributed by atoms with Crippen LogP contribution < -0.4 is 15.8 Å². The Labute approximate surface area is 200 Å². The van der Waals surface area contributed by atoms with E-state index in [1.54, 1.807) is 37.3 Å². The fourth-order valence-electron chi connectivity index (χ4n) is 3.58. The molecule has 14 heteroatoms. The molecule has 2 N–H and O–H groups in total. The minimum absolute atomic E-state index is 0.130. The highest BCUT2D eigenvalue weighted by atomic mass is 31.1. The van der Waals surface area contributed by atoms with Crippen LogP contribution in [0, 0.1) is 0 Å². The summed E-state index contributed by atoms with van der Waals surface area (Å²) in [6.07, 6.45) is -3.53. The molecule has 2 heterocycles. The SMILES string of the molecule is CC[C@@H](C(=O)OC)N(OC[C@H]1O[C@@H](n2ccc(=O)[nH]c2=O)[C@](C)(F)[C@@H]1O)[PH](=O)Oc1ccccc1. The summed E-state index contributed by atoms with van der Waals surface area (Å²) in [5, 5.41) is 10.6. The summed E-state index contributed by atoms with van der Waals surface area (Å²) in [7, 11) is -2.07. The van der Waals surface area contributed by atoms with Crippen molar-refractivity contribution in [3.8, 4) is 5.75 Å². The van der Waals surface area contributed by atoms with E-state index in [1.165, 1.54) is 0 Å². The molecule has 1 unspecified atom stereocenters. The third-order valence-electron chi connectivity index (χ3n) is 5.47. The van der Waals surface area contributed by atoms with Crippen LogP contribution in [0.4, 0.5) is 4.39 Å². The van der Waals surface area contributed by atoms with E-state index < -0.39 is 62.2 Å². The van der Waals surface area contributed by atoms with Gasteiger partial charge in [-0.15, -0.1) is 0 Å². The predicted octanol–water partition coefficient (Wildman–Crippen LogP) is 1.18. The van der Waals surface area contributed by atoms with Crippen molar-refractivity contribution in [2.24, 2.45) is 0 Å². The number of nitrogens with zero attached hydrogens (tertiary/aromatic N) is 2. The summed E-state index contributed by atoms with van der Waals surface area (Å²) in [4.78, 5) is 44.1. The Morgan fingerprint density at radius 1 is 1.34 bits per heavy atom. The van der Waals surface area contributed by atoms with E-state index in [0.29, 0.717) is 0 Å². The van der Waals surface area contributed by atoms with Crippen molar-refractivity contribution < 1.29 is 37.7 Å². The summed E-state index contributed by atoms with van der Waals surface area (Å²) in [5.74, 6) is -0.487. The van der Waals surface area contributed by atoms with Crippen LogP contribution in [0.3, 0.4) is 0 Å². The molecule has 1 aliphatic rings. The molecule has 0 saturated carbocycles. The Morgan fingerprint density at radius 3 is 2.63 bits per heavy atom. The molecule has 0 radical (unpaired) electrons. The number of rotatable bonds is 10. The van der Waals surface area contributed by atoms with E-state index >= 15 is 4.39 Å². The lowest BCUT2D eigenvalue weighted by atomic mass is 9.98. The van der Waals surface area contributed by atoms with Gasteiger partial charge in [-0.3, -0.25) is 28.5 Å². The number of hydroxylamine groups is 1. The molecule has 192 valence electrons. The Kier molecular flexibility index (Phi) is 8.62. The highest BCUT2D eigenvalue weighted by Gasteiger charge is 2.55. The molecule has 0 spiro atoms. The lowest BCUT2D eigenvalue weighted by Crippen LogP contribution is -2.44. The number of hydrogen-bond donors (Lipinski definition) is 2. The molecule has 1 aliphatic heterocycles. The average Bonchev–Trinajstić information content (AvgIpc) is 3.05. The first kappa shape index (κ1) is 26.8. The first-order valence-electron chi connectivity index (χ1n) is 10.7. The van der Waals surface area contributed by atoms with Gasteiger partial charge >= 0.3 is 19.8 Å². The smallest absolute Gasteiger partial charge is 0.331 e. The van der Waals surface area contributed by atoms with Gasteiger partial charge in [0.15, 0.2) is 11.9 Å². The number of halogens is 1. The van der Waals surface area contributed by atoms with E-state index in [0.717, 1.165) is 35.7 Å². The van der Waals surface area contributed by atoms with Crippen molar-refractivity contribution in [3.63, 3.8) is 0 Å². The Morgan fingerprint density at radius 2 is 2.03 bits per heavy atom. The fraction of sp³-hybridized carbons (Fsp3) is 0.476. The normalized spacial score (nSPS) is 25.8. The number of carbonyl (C=O) groups excluding carboxylic acids is 1. The number of benzene rings is 1. The van der Waals surface area contributed by atoms with Gasteiger partial charge in [0.25, 0.3) is 5.56 Å². The summed E-state index contributed by atoms with van der Waals surface area (Å²) < 4.78 is 45.0. The average molecular weight is 515 g/mol. The van der Waals surface area contributed by atoms with Gasteiger partial charge in [0, 0.05) is 12.3 Å². The number of alkyl halides is 1. The number of methoxy groups -OCH3 is 1. The van der Waals surface area contributed by atoms with Crippen LogP contribution in [-0.4, -0.2) is 63.1 Å². The van der Waals surface area contributed by atoms with Gasteiger partial charge in [-0.1, -0.05) is 30.0 Å². The van der Waals surface area contributed by atoms with E-state index in [2.05, 4.69) is 0 Å². The highest BCUT2D eigenvalue weighted by molar-refractivity contribution is 7.36. The zero-order valence-corrected chi connectivity index (χ0v) is 20.3. The van der Waals surface area contributed by atoms with Crippen LogP contribution in [0.5, 0.6) is 5.75 Å². The van der Waals surface area contributed by atoms with Gasteiger partial charge in [-0.2, -0.15) is 0 Å². The minimum atomic E-state index is -3.22. The monoisotopic (exact) mass is 515 g/mol. The van der Waals surface area contributed by atoms with Crippen molar-refractivity contribution in [1.82, 2.24) is 14.4 Å². The number of aromatic amines is 1. The van der Waals surface area contributed by atoms with Crippen molar-refractivity contribution in [2.45, 2.75) is 50.4 Å². The zero-order chi connectivity index (χ0) is 25.8. The fourth-order valence-corrected chi connectivity index (χ4v) is 4.73. The molecule has 1 fully saturated rings. The van der Waals surface area contributed by atoms with E-state index in [1.807, 2.05) is 4.98 Å². The zero-order valence-electron chi connectivity index (χ0n) is 19.3. The highest BCUT2D eigenvalue weighted by Crippen LogP contribution is 2.41. The first-order valence-corrected chi connectivity index (χ1v) is 12.0. The van der Waals surface area contributed by atoms with E-state index in [4.69, 9.17) is 18.8 Å². The molecule has 35 heavy (non-hydrogen) atoms. The summed E-state index contributed by atoms with van der Waals surface area (Å²) in [6.45, 7) is 2.12. The molecule has 12 nitrogen and oxygen atoms in total. The third kappa shape index (κ3) is 5.88. The minimum Gasteiger partial charge on any atom is -0.468 e. The van der Waals surface area contributed by atoms with Gasteiger partial charge < -0.3 is 19.1 Å². The number of esters is 1. The summed E-state index contributed by atoms with van der Waals surface area (Å²) >= 11 is 0. The van der Waals surface area contributed by atoms with Crippen LogP contribution in [0.2, 0.25) is 0 Å². The molecule has 3 rings (SSSR count). The van der Waals surface area contributed by atoms with E-state index in [9.17, 15) is 24.1 Å². The number of nitrogens with one attached hydrogen (secondary N) is 1. The molecule has 1 aromatic heterocycles. The topological polar surface area (TPSA) is 149 Å². The van der Waals surface area contributed by atoms with Gasteiger partial charge in [-0.25, -0.2) is 9.18 Å². The maximum Gasteiger partial charge on any atom is 0.331 e. The van der Waals surface area contributed by atoms with Crippen LogP contribution in [-0.2, 0) is 23.7 Å². The van der Waals surface area contributed by atoms with Crippen LogP contribution in [0.1, 0.15) is 26.5 Å². The third-order valence-corrected chi connectivity index (χ3v) is 6.68. The maximum absolute atomic E-state index is 15.4. The lowest BCUT2D eigenvalue weighted by Gasteiger charge is -2.28. The van der Waals surface area contributed by atoms with Crippen LogP contribution in [0.15, 0.2) is 52.2 Å². The molecule has 0 aliphatic carbocycles. The second kappa shape index (κ2) is 11.3. The molecule has 1 aromatic carbocycles. The van der Waals surface area contributed by atoms with Crippen LogP contribution >= 0.6 is 8.18 Å². The van der Waals surface area contributed by atoms with Crippen molar-refractivity contribution in [3.05, 3.63) is 63.4 Å². The molecular formula is C21H27FN3O9P. The van der Waals surface area contributed by atoms with Crippen molar-refractivity contribution in [1.29, 1.82) is 0 Å². The quantitative estimate of drug-likeness (QED) is 0.268. The number of carbonyl (C=O) groups is 1. The van der Waals surface area contributed by atoms with Crippen molar-refractivity contribution in [2.75, 3.05) is 13.7 Å². The number of ether oxygens (including phenoxy) is 2. The van der Waals surface area contributed by atoms with Crippen molar-refractivity contribution >= 4 is 14.1 Å². The lowest BCUT2D eigenvalue weighted by molar-refractivity contribution is -0.181. The second-order valence-corrected chi connectivity index (χ2v) is 9.07. The summed E-state index contributed by atoms with van der Waals surface area (Å²) in [5.41, 5.74) is -4.07. The number of aromatic nitrogens is 2. The standard InChI is InChI=1S/C21H27FN3O9P/c1-4-14(18(28)31-3)25(35(30)34-13-8-6-5-7-9-13)32-12-15-17(27)21(2,22)19(33-15)24-11-10-16(26)23-20(24)29/h5-11,14-15,17,19,27,35H,4,12H2,1-3H3,(H,23,26,29)/t14-,15+,17+,19+,21+/m0/s1. The van der Waals surface area contributed by atoms with Gasteiger partial charge in [-0.05, 0) is 25.5 Å². The van der Waals surface area contributed by atoms with Gasteiger partial charge in [0.05, 0.1) is 13.7 Å². The van der Waals surface area contributed by atoms with Gasteiger partial charge in [0.1, 0.15) is 24.0 Å². The predicted molar refractivity (Wildman–Crippen MR) is 121 cm³/mol. The molecule has 6 atom stereocenters. The molecule has 1 saturated heterocycles. The molecule has 0 bridgehead atoms. The largest absolute Gasteiger partial charge is 0.468 e. The molecule has 0 amide bonds. The number of aliphatic hydroxyl groups is 1. The van der Waals surface area contributed by atoms with Gasteiger partial charge in [0.2, 0.25) is 0 Å². The Balaban J connectivity index is 1.81. The second-order valence-electron chi connectivity index (χ2n) is 7.89. The molecule has 2 aromatic rings.